The van der Waals surface area contributed by atoms with Crippen LogP contribution in [-0.4, -0.2) is 35.8 Å². The fraction of sp³-hybridized carbons (Fsp3) is 0.667. The molecule has 2 rings (SSSR count). The molecule has 4 nitrogen and oxygen atoms in total. The summed E-state index contributed by atoms with van der Waals surface area (Å²) in [5, 5.41) is 0. The zero-order chi connectivity index (χ0) is 21.8. The van der Waals surface area contributed by atoms with Crippen molar-refractivity contribution in [1.82, 2.24) is 4.90 Å². The van der Waals surface area contributed by atoms with E-state index in [0.29, 0.717) is 19.0 Å². The maximum atomic E-state index is 13.0. The number of amides is 1. The fourth-order valence-electron chi connectivity index (χ4n) is 3.29. The first-order chi connectivity index (χ1) is 13.3. The van der Waals surface area contributed by atoms with Crippen molar-refractivity contribution in [3.63, 3.8) is 0 Å². The minimum Gasteiger partial charge on any atom is -0.491 e. The lowest BCUT2D eigenvalue weighted by molar-refractivity contribution is -0.138. The lowest BCUT2D eigenvalue weighted by atomic mass is 9.91. The molecule has 1 aromatic rings. The predicted molar refractivity (Wildman–Crippen MR) is 109 cm³/mol. The van der Waals surface area contributed by atoms with Gasteiger partial charge in [0.2, 0.25) is 0 Å². The molecule has 0 aromatic heterocycles. The Kier molecular flexibility index (Phi) is 7.87. The molecule has 164 valence electrons. The first-order valence-corrected chi connectivity index (χ1v) is 10.7. The van der Waals surface area contributed by atoms with Crippen molar-refractivity contribution in [3.05, 3.63) is 28.2 Å². The summed E-state index contributed by atoms with van der Waals surface area (Å²) in [7, 11) is 0. The lowest BCUT2D eigenvalue weighted by Crippen LogP contribution is -2.41. The molecule has 0 spiro atoms. The molecule has 0 radical (unpaired) electrons. The van der Waals surface area contributed by atoms with Gasteiger partial charge in [0.15, 0.2) is 0 Å². The molecule has 0 bridgehead atoms. The SMILES string of the molecule is CC(CCC1CCN(C(=O)OC(C)(C)C)CC1)Oc1ccc(Br)c(C(F)(F)F)c1. The summed E-state index contributed by atoms with van der Waals surface area (Å²) in [6.07, 6.45) is -1.46. The molecule has 1 aliphatic heterocycles. The van der Waals surface area contributed by atoms with Gasteiger partial charge in [-0.05, 0) is 77.5 Å². The number of likely N-dealkylation sites (tertiary alicyclic amines) is 1. The highest BCUT2D eigenvalue weighted by atomic mass is 79.9. The second kappa shape index (κ2) is 9.58. The molecule has 1 aromatic carbocycles. The van der Waals surface area contributed by atoms with Gasteiger partial charge in [-0.15, -0.1) is 0 Å². The highest BCUT2D eigenvalue weighted by Gasteiger charge is 2.33. The lowest BCUT2D eigenvalue weighted by Gasteiger charge is -2.33. The van der Waals surface area contributed by atoms with Crippen molar-refractivity contribution >= 4 is 22.0 Å². The van der Waals surface area contributed by atoms with Crippen molar-refractivity contribution in [2.75, 3.05) is 13.1 Å². The molecule has 1 amide bonds. The van der Waals surface area contributed by atoms with E-state index in [9.17, 15) is 18.0 Å². The summed E-state index contributed by atoms with van der Waals surface area (Å²) in [5.41, 5.74) is -1.24. The molecule has 29 heavy (non-hydrogen) atoms. The summed E-state index contributed by atoms with van der Waals surface area (Å²) < 4.78 is 50.2. The van der Waals surface area contributed by atoms with Gasteiger partial charge < -0.3 is 14.4 Å². The van der Waals surface area contributed by atoms with E-state index in [1.807, 2.05) is 27.7 Å². The zero-order valence-electron chi connectivity index (χ0n) is 17.3. The first-order valence-electron chi connectivity index (χ1n) is 9.86. The number of rotatable bonds is 5. The smallest absolute Gasteiger partial charge is 0.417 e. The van der Waals surface area contributed by atoms with E-state index >= 15 is 0 Å². The Balaban J connectivity index is 1.78. The summed E-state index contributed by atoms with van der Waals surface area (Å²) in [6.45, 7) is 8.74. The van der Waals surface area contributed by atoms with E-state index in [-0.39, 0.29) is 22.4 Å². The van der Waals surface area contributed by atoms with Gasteiger partial charge in [-0.1, -0.05) is 15.9 Å². The Labute approximate surface area is 178 Å². The number of hydrogen-bond acceptors (Lipinski definition) is 3. The summed E-state index contributed by atoms with van der Waals surface area (Å²) in [5.74, 6) is 0.683. The number of nitrogens with zero attached hydrogens (tertiary/aromatic N) is 1. The molecule has 1 saturated heterocycles. The number of piperidine rings is 1. The molecule has 0 aliphatic carbocycles. The van der Waals surface area contributed by atoms with Crippen molar-refractivity contribution in [3.8, 4) is 5.75 Å². The highest BCUT2D eigenvalue weighted by Crippen LogP contribution is 2.37. The van der Waals surface area contributed by atoms with Crippen LogP contribution in [0.3, 0.4) is 0 Å². The van der Waals surface area contributed by atoms with Crippen LogP contribution in [0.25, 0.3) is 0 Å². The van der Waals surface area contributed by atoms with Crippen LogP contribution in [0.15, 0.2) is 22.7 Å². The van der Waals surface area contributed by atoms with Crippen molar-refractivity contribution < 1.29 is 27.4 Å². The van der Waals surface area contributed by atoms with E-state index in [4.69, 9.17) is 9.47 Å². The summed E-state index contributed by atoms with van der Waals surface area (Å²) >= 11 is 2.93. The Bertz CT molecular complexity index is 695. The summed E-state index contributed by atoms with van der Waals surface area (Å²) in [6, 6.07) is 3.92. The monoisotopic (exact) mass is 479 g/mol. The molecule has 1 aliphatic rings. The van der Waals surface area contributed by atoms with Gasteiger partial charge >= 0.3 is 12.3 Å². The molecular formula is C21H29BrF3NO3. The third-order valence-corrected chi connectivity index (χ3v) is 5.52. The molecule has 8 heteroatoms. The normalized spacial score (nSPS) is 17.2. The molecular weight excluding hydrogens is 451 g/mol. The third-order valence-electron chi connectivity index (χ3n) is 4.83. The topological polar surface area (TPSA) is 38.8 Å². The van der Waals surface area contributed by atoms with Crippen molar-refractivity contribution in [2.24, 2.45) is 5.92 Å². The van der Waals surface area contributed by atoms with Crippen LogP contribution in [-0.2, 0) is 10.9 Å². The fourth-order valence-corrected chi connectivity index (χ4v) is 3.76. The quantitative estimate of drug-likeness (QED) is 0.473. The van der Waals surface area contributed by atoms with E-state index in [2.05, 4.69) is 15.9 Å². The second-order valence-corrected chi connectivity index (χ2v) is 9.41. The van der Waals surface area contributed by atoms with Gasteiger partial charge in [0.1, 0.15) is 11.4 Å². The second-order valence-electron chi connectivity index (χ2n) is 8.56. The maximum absolute atomic E-state index is 13.0. The molecule has 1 unspecified atom stereocenters. The van der Waals surface area contributed by atoms with E-state index < -0.39 is 17.3 Å². The predicted octanol–water partition coefficient (Wildman–Crippen LogP) is 6.66. The molecule has 0 N–H and O–H groups in total. The van der Waals surface area contributed by atoms with Gasteiger partial charge in [0.25, 0.3) is 0 Å². The number of halogens is 4. The van der Waals surface area contributed by atoms with Gasteiger partial charge in [-0.25, -0.2) is 4.79 Å². The molecule has 1 heterocycles. The Morgan fingerprint density at radius 1 is 1.24 bits per heavy atom. The molecule has 1 atom stereocenters. The van der Waals surface area contributed by atoms with E-state index in [1.54, 1.807) is 4.90 Å². The minimum absolute atomic E-state index is 0.00162. The van der Waals surface area contributed by atoms with Crippen LogP contribution in [0, 0.1) is 5.92 Å². The standard InChI is InChI=1S/C21H29BrF3NO3/c1-14(28-16-7-8-18(22)17(13-16)21(23,24)25)5-6-15-9-11-26(12-10-15)19(27)29-20(2,3)4/h7-8,13-15H,5-6,9-12H2,1-4H3. The number of ether oxygens (including phenoxy) is 2. The van der Waals surface area contributed by atoms with Crippen LogP contribution in [0.2, 0.25) is 0 Å². The Hall–Kier alpha value is -1.44. The van der Waals surface area contributed by atoms with Gasteiger partial charge in [-0.3, -0.25) is 0 Å². The Morgan fingerprint density at radius 2 is 1.86 bits per heavy atom. The molecule has 1 fully saturated rings. The average Bonchev–Trinajstić information content (AvgIpc) is 2.59. The number of carbonyl (C=O) groups is 1. The highest BCUT2D eigenvalue weighted by molar-refractivity contribution is 9.10. The van der Waals surface area contributed by atoms with Crippen LogP contribution in [0.1, 0.15) is 58.9 Å². The number of benzene rings is 1. The van der Waals surface area contributed by atoms with Crippen LogP contribution < -0.4 is 4.74 Å². The van der Waals surface area contributed by atoms with E-state index in [0.717, 1.165) is 31.7 Å². The van der Waals surface area contributed by atoms with Gasteiger partial charge in [0.05, 0.1) is 11.7 Å². The number of carbonyl (C=O) groups excluding carboxylic acids is 1. The third kappa shape index (κ3) is 7.72. The summed E-state index contributed by atoms with van der Waals surface area (Å²) in [4.78, 5) is 13.9. The van der Waals surface area contributed by atoms with Crippen molar-refractivity contribution in [2.45, 2.75) is 71.3 Å². The molecule has 0 saturated carbocycles. The zero-order valence-corrected chi connectivity index (χ0v) is 18.9. The largest absolute Gasteiger partial charge is 0.491 e. The van der Waals surface area contributed by atoms with Gasteiger partial charge in [0, 0.05) is 17.6 Å². The maximum Gasteiger partial charge on any atom is 0.417 e. The van der Waals surface area contributed by atoms with Crippen molar-refractivity contribution in [1.29, 1.82) is 0 Å². The van der Waals surface area contributed by atoms with Crippen LogP contribution >= 0.6 is 15.9 Å². The van der Waals surface area contributed by atoms with Crippen LogP contribution in [0.5, 0.6) is 5.75 Å². The first kappa shape index (κ1) is 23.8. The Morgan fingerprint density at radius 3 is 2.41 bits per heavy atom. The number of alkyl halides is 3. The van der Waals surface area contributed by atoms with Gasteiger partial charge in [-0.2, -0.15) is 13.2 Å². The van der Waals surface area contributed by atoms with E-state index in [1.165, 1.54) is 12.1 Å². The average molecular weight is 480 g/mol. The number of hydrogen-bond donors (Lipinski definition) is 0. The van der Waals surface area contributed by atoms with Crippen LogP contribution in [0.4, 0.5) is 18.0 Å². The minimum atomic E-state index is -4.43.